The number of piperazine rings is 1. The standard InChI is InChI=1S/C37H41F3N8O2/c1-25-6-3-7-26-8-4-9-32(34(25)26)46-15-12-30-31(22-46)42-36(50-23-29-18-37(39,40)24-44(29)2)43-35(30)47-16-17-48(28(21-47)11-13-41)33(49)10-5-14-45-19-27(38)20-45/h3-4,6-9,27-29H,11-12,14-24H2,1-2H3/t28-,29-/m0/s1. The first-order valence-electron chi connectivity index (χ1n) is 17.2. The molecule has 1 aromatic heterocycles. The SMILES string of the molecule is Cc1cccc2cccc(N3CCc4c(nc(OC[C@@H]5CC(F)(F)CN5C)nc4N4CCN(C(=O)C#CCN5CC(F)C5)[C@@H](CC#N)C4)C3)c12. The van der Waals surface area contributed by atoms with Crippen molar-refractivity contribution in [3.8, 4) is 23.9 Å². The van der Waals surface area contributed by atoms with Gasteiger partial charge >= 0.3 is 6.01 Å². The van der Waals surface area contributed by atoms with Gasteiger partial charge in [0.15, 0.2) is 0 Å². The van der Waals surface area contributed by atoms with Crippen LogP contribution in [0, 0.1) is 30.1 Å². The number of alkyl halides is 3. The fourth-order valence-electron chi connectivity index (χ4n) is 7.64. The van der Waals surface area contributed by atoms with E-state index in [1.807, 2.05) is 4.90 Å². The van der Waals surface area contributed by atoms with E-state index in [1.165, 1.54) is 10.9 Å². The molecule has 0 spiro atoms. The minimum Gasteiger partial charge on any atom is -0.462 e. The van der Waals surface area contributed by atoms with Crippen molar-refractivity contribution in [3.05, 3.63) is 53.2 Å². The first-order valence-corrected chi connectivity index (χ1v) is 17.2. The van der Waals surface area contributed by atoms with Gasteiger partial charge < -0.3 is 19.4 Å². The number of carbonyl (C=O) groups is 1. The molecule has 3 saturated heterocycles. The maximum Gasteiger partial charge on any atom is 0.318 e. The van der Waals surface area contributed by atoms with Crippen molar-refractivity contribution in [2.75, 3.05) is 75.8 Å². The molecule has 4 aliphatic heterocycles. The summed E-state index contributed by atoms with van der Waals surface area (Å²) < 4.78 is 47.6. The number of likely N-dealkylation sites (N-methyl/N-ethyl adjacent to an activating group) is 1. The largest absolute Gasteiger partial charge is 0.462 e. The molecule has 0 aliphatic carbocycles. The van der Waals surface area contributed by atoms with Crippen LogP contribution in [0.3, 0.4) is 0 Å². The van der Waals surface area contributed by atoms with Gasteiger partial charge in [-0.25, -0.2) is 13.2 Å². The number of hydrogen-bond donors (Lipinski definition) is 0. The first-order chi connectivity index (χ1) is 24.1. The quantitative estimate of drug-likeness (QED) is 0.345. The summed E-state index contributed by atoms with van der Waals surface area (Å²) in [4.78, 5) is 32.4. The molecule has 10 nitrogen and oxygen atoms in total. The normalized spacial score (nSPS) is 22.4. The number of aromatic nitrogens is 2. The second-order valence-electron chi connectivity index (χ2n) is 13.9. The van der Waals surface area contributed by atoms with Gasteiger partial charge in [-0.2, -0.15) is 15.2 Å². The number of ether oxygens (including phenoxy) is 1. The Morgan fingerprint density at radius 3 is 2.60 bits per heavy atom. The number of rotatable bonds is 7. The molecule has 13 heteroatoms. The molecule has 4 aliphatic rings. The number of fused-ring (bicyclic) bond motifs is 2. The molecule has 0 bridgehead atoms. The van der Waals surface area contributed by atoms with Crippen LogP contribution in [0.1, 0.15) is 29.7 Å². The van der Waals surface area contributed by atoms with E-state index < -0.39 is 24.2 Å². The highest BCUT2D eigenvalue weighted by atomic mass is 19.3. The molecule has 5 heterocycles. The van der Waals surface area contributed by atoms with Crippen LogP contribution in [0.15, 0.2) is 36.4 Å². The molecule has 0 radical (unpaired) electrons. The summed E-state index contributed by atoms with van der Waals surface area (Å²) in [6.45, 7) is 5.21. The second kappa shape index (κ2) is 14.0. The maximum atomic E-state index is 14.2. The predicted octanol–water partition coefficient (Wildman–Crippen LogP) is 3.81. The smallest absolute Gasteiger partial charge is 0.318 e. The Bertz CT molecular complexity index is 1860. The van der Waals surface area contributed by atoms with Crippen molar-refractivity contribution in [2.24, 2.45) is 0 Å². The number of likely N-dealkylation sites (tertiary alicyclic amines) is 2. The van der Waals surface area contributed by atoms with E-state index in [-0.39, 0.29) is 37.9 Å². The van der Waals surface area contributed by atoms with Gasteiger partial charge in [-0.1, -0.05) is 36.3 Å². The molecule has 2 atom stereocenters. The zero-order chi connectivity index (χ0) is 35.0. The van der Waals surface area contributed by atoms with Crippen molar-refractivity contribution < 1.29 is 22.7 Å². The summed E-state index contributed by atoms with van der Waals surface area (Å²) in [7, 11) is 1.67. The third-order valence-corrected chi connectivity index (χ3v) is 10.3. The molecule has 50 heavy (non-hydrogen) atoms. The minimum atomic E-state index is -2.77. The summed E-state index contributed by atoms with van der Waals surface area (Å²) in [5.74, 6) is 3.12. The topological polar surface area (TPSA) is 92.1 Å². The van der Waals surface area contributed by atoms with Crippen LogP contribution >= 0.6 is 0 Å². The highest BCUT2D eigenvalue weighted by Crippen LogP contribution is 2.36. The first kappa shape index (κ1) is 33.9. The summed E-state index contributed by atoms with van der Waals surface area (Å²) in [6.07, 6.45) is -0.349. The number of carbonyl (C=O) groups excluding carboxylic acids is 1. The summed E-state index contributed by atoms with van der Waals surface area (Å²) in [6, 6.07) is 14.0. The van der Waals surface area contributed by atoms with Crippen LogP contribution in [-0.2, 0) is 17.8 Å². The third kappa shape index (κ3) is 7.03. The van der Waals surface area contributed by atoms with E-state index in [0.29, 0.717) is 58.1 Å². The van der Waals surface area contributed by atoms with Crippen molar-refractivity contribution in [2.45, 2.75) is 56.9 Å². The predicted molar refractivity (Wildman–Crippen MR) is 184 cm³/mol. The van der Waals surface area contributed by atoms with Gasteiger partial charge in [0.2, 0.25) is 0 Å². The van der Waals surface area contributed by atoms with Crippen molar-refractivity contribution >= 4 is 28.2 Å². The highest BCUT2D eigenvalue weighted by Gasteiger charge is 2.43. The van der Waals surface area contributed by atoms with E-state index in [1.54, 1.807) is 16.8 Å². The Morgan fingerprint density at radius 2 is 1.86 bits per heavy atom. The molecule has 2 aromatic carbocycles. The fraction of sp³-hybridized carbons (Fsp3) is 0.514. The molecule has 7 rings (SSSR count). The van der Waals surface area contributed by atoms with Crippen LogP contribution in [0.2, 0.25) is 0 Å². The zero-order valence-corrected chi connectivity index (χ0v) is 28.4. The van der Waals surface area contributed by atoms with E-state index in [9.17, 15) is 23.2 Å². The molecular weight excluding hydrogens is 645 g/mol. The van der Waals surface area contributed by atoms with Crippen LogP contribution in [0.25, 0.3) is 10.8 Å². The lowest BCUT2D eigenvalue weighted by Crippen LogP contribution is -2.55. The molecule has 262 valence electrons. The highest BCUT2D eigenvalue weighted by molar-refractivity contribution is 5.97. The average molecular weight is 687 g/mol. The Hall–Kier alpha value is -4.59. The average Bonchev–Trinajstić information content (AvgIpc) is 3.36. The van der Waals surface area contributed by atoms with E-state index >= 15 is 0 Å². The lowest BCUT2D eigenvalue weighted by atomic mass is 9.99. The number of nitriles is 1. The number of hydrogen-bond acceptors (Lipinski definition) is 9. The minimum absolute atomic E-state index is 0.0258. The van der Waals surface area contributed by atoms with Crippen LogP contribution in [-0.4, -0.2) is 121 Å². The van der Waals surface area contributed by atoms with Crippen LogP contribution in [0.4, 0.5) is 24.7 Å². The van der Waals surface area contributed by atoms with Gasteiger partial charge in [-0.15, -0.1) is 0 Å². The maximum absolute atomic E-state index is 14.2. The zero-order valence-electron chi connectivity index (χ0n) is 28.4. The van der Waals surface area contributed by atoms with E-state index in [0.717, 1.165) is 28.9 Å². The lowest BCUT2D eigenvalue weighted by Gasteiger charge is -2.42. The summed E-state index contributed by atoms with van der Waals surface area (Å²) in [5.41, 5.74) is 4.08. The molecule has 3 fully saturated rings. The van der Waals surface area contributed by atoms with Gasteiger partial charge in [0.25, 0.3) is 11.8 Å². The van der Waals surface area contributed by atoms with Gasteiger partial charge in [0.05, 0.1) is 43.9 Å². The third-order valence-electron chi connectivity index (χ3n) is 10.3. The Balaban J connectivity index is 1.16. The number of nitrogens with zero attached hydrogens (tertiary/aromatic N) is 8. The number of aryl methyl sites for hydroxylation is 1. The van der Waals surface area contributed by atoms with E-state index in [4.69, 9.17) is 14.7 Å². The number of benzene rings is 2. The Kier molecular flexibility index (Phi) is 9.46. The van der Waals surface area contributed by atoms with E-state index in [2.05, 4.69) is 71.0 Å². The van der Waals surface area contributed by atoms with Crippen LogP contribution in [0.5, 0.6) is 6.01 Å². The van der Waals surface area contributed by atoms with Crippen molar-refractivity contribution in [1.29, 1.82) is 5.26 Å². The summed E-state index contributed by atoms with van der Waals surface area (Å²) >= 11 is 0. The lowest BCUT2D eigenvalue weighted by molar-refractivity contribution is -0.127. The molecule has 1 amide bonds. The number of amides is 1. The Morgan fingerprint density at radius 1 is 1.06 bits per heavy atom. The fourth-order valence-corrected chi connectivity index (χ4v) is 7.64. The summed E-state index contributed by atoms with van der Waals surface area (Å²) in [5, 5.41) is 12.0. The van der Waals surface area contributed by atoms with Gasteiger partial charge in [-0.3, -0.25) is 14.6 Å². The molecule has 3 aromatic rings. The van der Waals surface area contributed by atoms with Gasteiger partial charge in [0, 0.05) is 68.4 Å². The van der Waals surface area contributed by atoms with Gasteiger partial charge in [0.1, 0.15) is 18.6 Å². The molecule has 0 unspecified atom stereocenters. The molecule has 0 N–H and O–H groups in total. The molecule has 0 saturated carbocycles. The van der Waals surface area contributed by atoms with Crippen molar-refractivity contribution in [1.82, 2.24) is 24.7 Å². The monoisotopic (exact) mass is 686 g/mol. The second-order valence-corrected chi connectivity index (χ2v) is 13.9. The number of anilines is 2. The Labute approximate surface area is 290 Å². The van der Waals surface area contributed by atoms with Gasteiger partial charge in [-0.05, 0) is 43.3 Å². The number of halogens is 3. The molecular formula is C37H41F3N8O2. The van der Waals surface area contributed by atoms with Crippen molar-refractivity contribution in [3.63, 3.8) is 0 Å². The van der Waals surface area contributed by atoms with Crippen LogP contribution < -0.4 is 14.5 Å².